The van der Waals surface area contributed by atoms with E-state index in [-0.39, 0.29) is 11.9 Å². The summed E-state index contributed by atoms with van der Waals surface area (Å²) >= 11 is 0. The highest BCUT2D eigenvalue weighted by molar-refractivity contribution is 6.05. The lowest BCUT2D eigenvalue weighted by molar-refractivity contribution is -0.120. The highest BCUT2D eigenvalue weighted by Gasteiger charge is 2.24. The molecule has 3 heteroatoms. The van der Waals surface area contributed by atoms with E-state index in [1.165, 1.54) is 12.8 Å². The van der Waals surface area contributed by atoms with Gasteiger partial charge in [0.05, 0.1) is 0 Å². The van der Waals surface area contributed by atoms with E-state index in [2.05, 4.69) is 24.2 Å². The zero-order valence-electron chi connectivity index (χ0n) is 9.88. The van der Waals surface area contributed by atoms with Gasteiger partial charge in [0.2, 0.25) is 5.91 Å². The van der Waals surface area contributed by atoms with Gasteiger partial charge in [0.25, 0.3) is 0 Å². The zero-order valence-corrected chi connectivity index (χ0v) is 9.88. The van der Waals surface area contributed by atoms with E-state index in [0.29, 0.717) is 0 Å². The van der Waals surface area contributed by atoms with Gasteiger partial charge in [-0.15, -0.1) is 0 Å². The Morgan fingerprint density at radius 3 is 2.60 bits per heavy atom. The van der Waals surface area contributed by atoms with Crippen LogP contribution in [0.4, 0.5) is 0 Å². The van der Waals surface area contributed by atoms with Crippen molar-refractivity contribution in [3.05, 3.63) is 0 Å². The van der Waals surface area contributed by atoms with Crippen molar-refractivity contribution in [1.29, 1.82) is 0 Å². The maximum absolute atomic E-state index is 11.5. The summed E-state index contributed by atoms with van der Waals surface area (Å²) in [5.41, 5.74) is 0. The third-order valence-corrected chi connectivity index (χ3v) is 2.73. The van der Waals surface area contributed by atoms with Crippen LogP contribution in [0.1, 0.15) is 58.8 Å². The minimum absolute atomic E-state index is 0.0941. The van der Waals surface area contributed by atoms with Crippen LogP contribution in [0.5, 0.6) is 0 Å². The van der Waals surface area contributed by atoms with E-state index in [4.69, 9.17) is 0 Å². The molecule has 1 aliphatic heterocycles. The van der Waals surface area contributed by atoms with Gasteiger partial charge in [0.15, 0.2) is 0 Å². The number of unbranched alkanes of at least 4 members (excludes halogenated alkanes) is 3. The molecule has 0 fully saturated rings. The summed E-state index contributed by atoms with van der Waals surface area (Å²) in [7, 11) is 0. The quantitative estimate of drug-likeness (QED) is 0.645. The van der Waals surface area contributed by atoms with Gasteiger partial charge in [0, 0.05) is 6.42 Å². The van der Waals surface area contributed by atoms with Crippen LogP contribution >= 0.6 is 0 Å². The first-order valence-corrected chi connectivity index (χ1v) is 6.15. The van der Waals surface area contributed by atoms with Gasteiger partial charge in [-0.3, -0.25) is 9.79 Å². The molecule has 1 amide bonds. The van der Waals surface area contributed by atoms with Crippen LogP contribution in [0.3, 0.4) is 0 Å². The number of carbonyl (C=O) groups excluding carboxylic acids is 1. The zero-order chi connectivity index (χ0) is 11.1. The maximum atomic E-state index is 11.5. The number of nitrogens with one attached hydrogen (secondary N) is 1. The third kappa shape index (κ3) is 4.02. The molecular formula is C12H22N2O. The molecule has 0 radical (unpaired) electrons. The van der Waals surface area contributed by atoms with E-state index in [1.807, 2.05) is 0 Å². The first-order chi connectivity index (χ1) is 7.27. The average Bonchev–Trinajstić information content (AvgIpc) is 2.57. The molecule has 0 aromatic rings. The largest absolute Gasteiger partial charge is 0.313 e. The van der Waals surface area contributed by atoms with Crippen molar-refractivity contribution in [1.82, 2.24) is 5.32 Å². The summed E-state index contributed by atoms with van der Waals surface area (Å²) in [5, 5.41) is 2.88. The molecule has 0 saturated heterocycles. The normalized spacial score (nSPS) is 20.3. The van der Waals surface area contributed by atoms with Crippen molar-refractivity contribution >= 4 is 11.7 Å². The second-order valence-corrected chi connectivity index (χ2v) is 4.18. The van der Waals surface area contributed by atoms with Crippen molar-refractivity contribution in [2.45, 2.75) is 64.8 Å². The lowest BCUT2D eigenvalue weighted by Crippen LogP contribution is -2.28. The number of amidine groups is 1. The second-order valence-electron chi connectivity index (χ2n) is 4.18. The van der Waals surface area contributed by atoms with Crippen molar-refractivity contribution in [3.63, 3.8) is 0 Å². The third-order valence-electron chi connectivity index (χ3n) is 2.73. The highest BCUT2D eigenvalue weighted by Crippen LogP contribution is 2.12. The molecule has 0 aromatic heterocycles. The summed E-state index contributed by atoms with van der Waals surface area (Å²) in [6.45, 7) is 4.32. The van der Waals surface area contributed by atoms with Crippen molar-refractivity contribution in [2.75, 3.05) is 0 Å². The first-order valence-electron chi connectivity index (χ1n) is 6.15. The highest BCUT2D eigenvalue weighted by atomic mass is 16.2. The van der Waals surface area contributed by atoms with E-state index >= 15 is 0 Å². The molecule has 1 aliphatic rings. The standard InChI is InChI=1S/C12H22N2O/c1-3-5-7-8-10-12(15)14-11(13-10)9-6-4-2/h10H,3-9H2,1-2H3,(H,13,14,15). The van der Waals surface area contributed by atoms with Crippen molar-refractivity contribution < 1.29 is 4.79 Å². The summed E-state index contributed by atoms with van der Waals surface area (Å²) in [6.07, 6.45) is 7.60. The number of amides is 1. The summed E-state index contributed by atoms with van der Waals surface area (Å²) in [5.74, 6) is 1.01. The summed E-state index contributed by atoms with van der Waals surface area (Å²) < 4.78 is 0. The monoisotopic (exact) mass is 210 g/mol. The number of hydrogen-bond acceptors (Lipinski definition) is 2. The number of aliphatic imine (C=N–C) groups is 1. The Labute approximate surface area is 92.4 Å². The molecule has 1 rings (SSSR count). The topological polar surface area (TPSA) is 41.5 Å². The number of rotatable bonds is 7. The first kappa shape index (κ1) is 12.2. The lowest BCUT2D eigenvalue weighted by Gasteiger charge is -2.02. The molecule has 1 atom stereocenters. The van der Waals surface area contributed by atoms with Crippen molar-refractivity contribution in [3.8, 4) is 0 Å². The predicted molar refractivity (Wildman–Crippen MR) is 63.0 cm³/mol. The fourth-order valence-corrected chi connectivity index (χ4v) is 1.76. The smallest absolute Gasteiger partial charge is 0.250 e. The molecule has 3 nitrogen and oxygen atoms in total. The Hall–Kier alpha value is -0.860. The van der Waals surface area contributed by atoms with E-state index in [9.17, 15) is 4.79 Å². The lowest BCUT2D eigenvalue weighted by atomic mass is 10.1. The van der Waals surface area contributed by atoms with Crippen molar-refractivity contribution in [2.24, 2.45) is 4.99 Å². The molecular weight excluding hydrogens is 188 g/mol. The van der Waals surface area contributed by atoms with Gasteiger partial charge in [-0.2, -0.15) is 0 Å². The molecule has 15 heavy (non-hydrogen) atoms. The predicted octanol–water partition coefficient (Wildman–Crippen LogP) is 2.65. The maximum Gasteiger partial charge on any atom is 0.250 e. The minimum Gasteiger partial charge on any atom is -0.313 e. The molecule has 1 heterocycles. The van der Waals surface area contributed by atoms with Crippen LogP contribution < -0.4 is 5.32 Å². The van der Waals surface area contributed by atoms with Gasteiger partial charge < -0.3 is 5.32 Å². The fourth-order valence-electron chi connectivity index (χ4n) is 1.76. The van der Waals surface area contributed by atoms with Crippen LogP contribution in [0, 0.1) is 0 Å². The Balaban J connectivity index is 2.31. The van der Waals surface area contributed by atoms with Crippen LogP contribution in [0.25, 0.3) is 0 Å². The fraction of sp³-hybridized carbons (Fsp3) is 0.833. The summed E-state index contributed by atoms with van der Waals surface area (Å²) in [4.78, 5) is 16.0. The molecule has 0 aliphatic carbocycles. The Morgan fingerprint density at radius 2 is 1.93 bits per heavy atom. The molecule has 86 valence electrons. The molecule has 0 bridgehead atoms. The van der Waals surface area contributed by atoms with E-state index in [0.717, 1.165) is 37.9 Å². The molecule has 0 spiro atoms. The van der Waals surface area contributed by atoms with Gasteiger partial charge >= 0.3 is 0 Å². The number of carbonyl (C=O) groups is 1. The van der Waals surface area contributed by atoms with Gasteiger partial charge in [-0.25, -0.2) is 0 Å². The van der Waals surface area contributed by atoms with Gasteiger partial charge in [0.1, 0.15) is 11.9 Å². The van der Waals surface area contributed by atoms with Crippen LogP contribution in [0.2, 0.25) is 0 Å². The second kappa shape index (κ2) is 6.59. The molecule has 1 N–H and O–H groups in total. The summed E-state index contributed by atoms with van der Waals surface area (Å²) in [6, 6.07) is -0.0941. The van der Waals surface area contributed by atoms with Crippen LogP contribution in [-0.2, 0) is 4.79 Å². The average molecular weight is 210 g/mol. The van der Waals surface area contributed by atoms with Gasteiger partial charge in [-0.05, 0) is 12.8 Å². The van der Waals surface area contributed by atoms with Crippen LogP contribution in [0.15, 0.2) is 4.99 Å². The van der Waals surface area contributed by atoms with E-state index in [1.54, 1.807) is 0 Å². The van der Waals surface area contributed by atoms with E-state index < -0.39 is 0 Å². The number of nitrogens with zero attached hydrogens (tertiary/aromatic N) is 1. The van der Waals surface area contributed by atoms with Crippen LogP contribution in [-0.4, -0.2) is 17.8 Å². The Morgan fingerprint density at radius 1 is 1.20 bits per heavy atom. The molecule has 0 saturated carbocycles. The van der Waals surface area contributed by atoms with Gasteiger partial charge in [-0.1, -0.05) is 39.5 Å². The molecule has 1 unspecified atom stereocenters. The molecule has 0 aromatic carbocycles. The Bertz CT molecular complexity index is 236. The minimum atomic E-state index is -0.0941. The number of hydrogen-bond donors (Lipinski definition) is 1. The SMILES string of the molecule is CCCCCC1N=C(CCCC)NC1=O. The Kier molecular flexibility index (Phi) is 5.37.